The van der Waals surface area contributed by atoms with E-state index in [9.17, 15) is 14.7 Å². The predicted molar refractivity (Wildman–Crippen MR) is 56.3 cm³/mol. The van der Waals surface area contributed by atoms with Crippen molar-refractivity contribution in [3.8, 4) is 0 Å². The van der Waals surface area contributed by atoms with E-state index < -0.39 is 29.7 Å². The molecule has 6 nitrogen and oxygen atoms in total. The molecule has 6 heteroatoms. The van der Waals surface area contributed by atoms with E-state index in [1.807, 2.05) is 0 Å². The van der Waals surface area contributed by atoms with Crippen LogP contribution in [0.1, 0.15) is 27.7 Å². The topological polar surface area (TPSA) is 110 Å². The Morgan fingerprint density at radius 3 is 1.94 bits per heavy atom. The van der Waals surface area contributed by atoms with Gasteiger partial charge in [0.15, 0.2) is 0 Å². The van der Waals surface area contributed by atoms with Crippen molar-refractivity contribution in [1.29, 1.82) is 0 Å². The van der Waals surface area contributed by atoms with E-state index >= 15 is 0 Å². The van der Waals surface area contributed by atoms with Gasteiger partial charge in [-0.3, -0.25) is 4.79 Å². The van der Waals surface area contributed by atoms with Gasteiger partial charge in [-0.15, -0.1) is 0 Å². The number of carbonyl (C=O) groups excluding carboxylic acids is 1. The van der Waals surface area contributed by atoms with Gasteiger partial charge >= 0.3 is 17.7 Å². The zero-order valence-corrected chi connectivity index (χ0v) is 9.93. The molecule has 0 heterocycles. The number of rotatable bonds is 5. The molecule has 4 N–H and O–H groups in total. The van der Waals surface area contributed by atoms with Crippen LogP contribution < -0.4 is 5.73 Å². The van der Waals surface area contributed by atoms with E-state index in [1.165, 1.54) is 13.8 Å². The summed E-state index contributed by atoms with van der Waals surface area (Å²) in [7, 11) is 0. The molecule has 94 valence electrons. The largest absolute Gasteiger partial charge is 0.476 e. The Morgan fingerprint density at radius 1 is 1.25 bits per heavy atom. The summed E-state index contributed by atoms with van der Waals surface area (Å²) >= 11 is 0. The number of ether oxygens (including phenoxy) is 1. The van der Waals surface area contributed by atoms with Crippen molar-refractivity contribution in [3.05, 3.63) is 0 Å². The summed E-state index contributed by atoms with van der Waals surface area (Å²) in [6.45, 7) is 6.26. The first-order valence-electron chi connectivity index (χ1n) is 5.07. The average Bonchev–Trinajstić information content (AvgIpc) is 2.15. The molecule has 0 fully saturated rings. The molecule has 0 spiro atoms. The van der Waals surface area contributed by atoms with Gasteiger partial charge in [-0.2, -0.15) is 0 Å². The van der Waals surface area contributed by atoms with Crippen molar-refractivity contribution in [2.45, 2.75) is 39.5 Å². The standard InChI is InChI=1S/C10H19NO5/c1-5(2)7(11)8(12)16-10(15,6(3)4)9(13)14/h5-7,15H,11H2,1-4H3,(H,13,14). The summed E-state index contributed by atoms with van der Waals surface area (Å²) < 4.78 is 4.58. The molecule has 0 rings (SSSR count). The van der Waals surface area contributed by atoms with Gasteiger partial charge in [0.1, 0.15) is 6.04 Å². The van der Waals surface area contributed by atoms with Crippen LogP contribution in [0, 0.1) is 11.8 Å². The van der Waals surface area contributed by atoms with Crippen molar-refractivity contribution < 1.29 is 24.5 Å². The van der Waals surface area contributed by atoms with Crippen molar-refractivity contribution in [2.75, 3.05) is 0 Å². The molecule has 16 heavy (non-hydrogen) atoms. The predicted octanol–water partition coefficient (Wildman–Crippen LogP) is -0.0579. The summed E-state index contributed by atoms with van der Waals surface area (Å²) in [6.07, 6.45) is 0. The van der Waals surface area contributed by atoms with Crippen LogP contribution in [0.4, 0.5) is 0 Å². The molecule has 0 radical (unpaired) electrons. The Balaban J connectivity index is 4.79. The summed E-state index contributed by atoms with van der Waals surface area (Å²) in [4.78, 5) is 22.3. The normalized spacial score (nSPS) is 17.0. The lowest BCUT2D eigenvalue weighted by atomic mass is 10.0. The highest BCUT2D eigenvalue weighted by atomic mass is 16.7. The Hall–Kier alpha value is -1.14. The molecule has 0 saturated carbocycles. The maximum Gasteiger partial charge on any atom is 0.377 e. The lowest BCUT2D eigenvalue weighted by molar-refractivity contribution is -0.237. The van der Waals surface area contributed by atoms with Gasteiger partial charge < -0.3 is 20.7 Å². The first-order valence-corrected chi connectivity index (χ1v) is 5.07. The monoisotopic (exact) mass is 233 g/mol. The number of carboxylic acids is 1. The molecule has 0 aliphatic rings. The number of esters is 1. The van der Waals surface area contributed by atoms with E-state index in [-0.39, 0.29) is 5.92 Å². The van der Waals surface area contributed by atoms with Crippen LogP contribution in [-0.2, 0) is 14.3 Å². The van der Waals surface area contributed by atoms with Crippen molar-refractivity contribution >= 4 is 11.9 Å². The lowest BCUT2D eigenvalue weighted by Crippen LogP contribution is -2.51. The maximum absolute atomic E-state index is 11.4. The summed E-state index contributed by atoms with van der Waals surface area (Å²) in [6, 6.07) is -0.954. The number of aliphatic carboxylic acids is 1. The van der Waals surface area contributed by atoms with E-state index in [4.69, 9.17) is 10.8 Å². The molecule has 2 atom stereocenters. The fourth-order valence-corrected chi connectivity index (χ4v) is 0.902. The fourth-order valence-electron chi connectivity index (χ4n) is 0.902. The number of hydrogen-bond donors (Lipinski definition) is 3. The Kier molecular flexibility index (Phi) is 4.89. The van der Waals surface area contributed by atoms with Crippen molar-refractivity contribution in [3.63, 3.8) is 0 Å². The van der Waals surface area contributed by atoms with Crippen molar-refractivity contribution in [1.82, 2.24) is 0 Å². The number of aliphatic hydroxyl groups is 1. The van der Waals surface area contributed by atoms with Crippen LogP contribution in [0.15, 0.2) is 0 Å². The minimum atomic E-state index is -2.52. The number of nitrogens with two attached hydrogens (primary N) is 1. The Morgan fingerprint density at radius 2 is 1.69 bits per heavy atom. The molecule has 0 aliphatic heterocycles. The van der Waals surface area contributed by atoms with Crippen LogP contribution >= 0.6 is 0 Å². The molecule has 0 amide bonds. The summed E-state index contributed by atoms with van der Waals surface area (Å²) in [5.41, 5.74) is 5.49. The molecular formula is C10H19NO5. The first-order chi connectivity index (χ1) is 7.12. The average molecular weight is 233 g/mol. The maximum atomic E-state index is 11.4. The van der Waals surface area contributed by atoms with Crippen LogP contribution in [0.5, 0.6) is 0 Å². The first kappa shape index (κ1) is 14.9. The SMILES string of the molecule is CC(C)C(N)C(=O)OC(O)(C(=O)O)C(C)C. The Bertz CT molecular complexity index is 276. The third-order valence-corrected chi connectivity index (χ3v) is 2.34. The highest BCUT2D eigenvalue weighted by Crippen LogP contribution is 2.20. The number of carbonyl (C=O) groups is 2. The van der Waals surface area contributed by atoms with Crippen LogP contribution in [0.3, 0.4) is 0 Å². The lowest BCUT2D eigenvalue weighted by Gasteiger charge is -2.28. The second-order valence-corrected chi connectivity index (χ2v) is 4.35. The second kappa shape index (κ2) is 5.27. The van der Waals surface area contributed by atoms with E-state index in [0.717, 1.165) is 0 Å². The third-order valence-electron chi connectivity index (χ3n) is 2.34. The van der Waals surface area contributed by atoms with Gasteiger partial charge in [-0.25, -0.2) is 4.79 Å². The molecule has 0 aromatic carbocycles. The molecule has 0 saturated heterocycles. The molecule has 0 aliphatic carbocycles. The van der Waals surface area contributed by atoms with Gasteiger partial charge in [0.2, 0.25) is 0 Å². The molecule has 0 aromatic heterocycles. The van der Waals surface area contributed by atoms with Gasteiger partial charge in [0.05, 0.1) is 0 Å². The fraction of sp³-hybridized carbons (Fsp3) is 0.800. The Labute approximate surface area is 94.4 Å². The summed E-state index contributed by atoms with van der Waals surface area (Å²) in [5.74, 6) is -6.02. The smallest absolute Gasteiger partial charge is 0.377 e. The second-order valence-electron chi connectivity index (χ2n) is 4.35. The van der Waals surface area contributed by atoms with Crippen LogP contribution in [0.25, 0.3) is 0 Å². The zero-order valence-electron chi connectivity index (χ0n) is 9.93. The highest BCUT2D eigenvalue weighted by Gasteiger charge is 2.45. The number of hydrogen-bond acceptors (Lipinski definition) is 5. The zero-order chi connectivity index (χ0) is 13.1. The third kappa shape index (κ3) is 3.18. The van der Waals surface area contributed by atoms with Crippen LogP contribution in [0.2, 0.25) is 0 Å². The molecular weight excluding hydrogens is 214 g/mol. The van der Waals surface area contributed by atoms with Gasteiger partial charge in [0, 0.05) is 5.92 Å². The quantitative estimate of drug-likeness (QED) is 0.453. The van der Waals surface area contributed by atoms with Crippen molar-refractivity contribution in [2.24, 2.45) is 17.6 Å². The minimum Gasteiger partial charge on any atom is -0.476 e. The van der Waals surface area contributed by atoms with Gasteiger partial charge in [0.25, 0.3) is 0 Å². The highest BCUT2D eigenvalue weighted by molar-refractivity contribution is 5.82. The number of carboxylic acid groups (broad SMARTS) is 1. The summed E-state index contributed by atoms with van der Waals surface area (Å²) in [5, 5.41) is 18.5. The van der Waals surface area contributed by atoms with E-state index in [1.54, 1.807) is 13.8 Å². The minimum absolute atomic E-state index is 0.197. The van der Waals surface area contributed by atoms with Gasteiger partial charge in [-0.1, -0.05) is 27.7 Å². The van der Waals surface area contributed by atoms with Crippen LogP contribution in [-0.4, -0.2) is 34.0 Å². The molecule has 0 bridgehead atoms. The molecule has 2 unspecified atom stereocenters. The van der Waals surface area contributed by atoms with E-state index in [0.29, 0.717) is 0 Å². The van der Waals surface area contributed by atoms with E-state index in [2.05, 4.69) is 4.74 Å². The van der Waals surface area contributed by atoms with Gasteiger partial charge in [-0.05, 0) is 5.92 Å². The molecule has 0 aromatic rings.